The average Bonchev–Trinajstić information content (AvgIpc) is 2.09. The van der Waals surface area contributed by atoms with Gasteiger partial charge in [-0.05, 0) is 31.1 Å². The maximum atomic E-state index is 8.76. The summed E-state index contributed by atoms with van der Waals surface area (Å²) in [7, 11) is 0. The van der Waals surface area contributed by atoms with Gasteiger partial charge in [-0.25, -0.2) is 0 Å². The molecule has 1 rings (SSSR count). The number of aromatic nitrogens is 1. The lowest BCUT2D eigenvalue weighted by atomic mass is 10.2. The lowest BCUT2D eigenvalue weighted by Crippen LogP contribution is -1.85. The maximum absolute atomic E-state index is 8.76. The molecule has 0 amide bonds. The quantitative estimate of drug-likeness (QED) is 0.721. The van der Waals surface area contributed by atoms with Crippen LogP contribution in [0.1, 0.15) is 18.2 Å². The molecule has 64 valence electrons. The summed E-state index contributed by atoms with van der Waals surface area (Å²) < 4.78 is 0. The predicted molar refractivity (Wildman–Crippen MR) is 49.7 cm³/mol. The number of aliphatic hydroxyl groups is 1. The minimum Gasteiger partial charge on any atom is -0.392 e. The van der Waals surface area contributed by atoms with Crippen LogP contribution in [0.5, 0.6) is 0 Å². The van der Waals surface area contributed by atoms with Gasteiger partial charge >= 0.3 is 0 Å². The molecule has 0 radical (unpaired) electrons. The first kappa shape index (κ1) is 8.94. The van der Waals surface area contributed by atoms with Gasteiger partial charge in [-0.3, -0.25) is 4.98 Å². The molecule has 0 atom stereocenters. The van der Waals surface area contributed by atoms with Crippen LogP contribution in [0.3, 0.4) is 0 Å². The largest absolute Gasteiger partial charge is 0.392 e. The lowest BCUT2D eigenvalue weighted by Gasteiger charge is -1.96. The van der Waals surface area contributed by atoms with E-state index in [1.165, 1.54) is 0 Å². The molecule has 0 saturated heterocycles. The molecule has 0 unspecified atom stereocenters. The second-order valence-corrected chi connectivity index (χ2v) is 2.88. The highest BCUT2D eigenvalue weighted by Crippen LogP contribution is 2.05. The molecular weight excluding hydrogens is 150 g/mol. The Morgan fingerprint density at radius 3 is 2.83 bits per heavy atom. The van der Waals surface area contributed by atoms with Gasteiger partial charge in [-0.15, -0.1) is 0 Å². The van der Waals surface area contributed by atoms with Gasteiger partial charge in [0, 0.05) is 11.9 Å². The van der Waals surface area contributed by atoms with E-state index in [0.717, 1.165) is 16.8 Å². The fourth-order valence-corrected chi connectivity index (χ4v) is 0.895. The molecule has 0 aliphatic heterocycles. The molecule has 0 bridgehead atoms. The molecule has 1 aromatic rings. The van der Waals surface area contributed by atoms with Crippen LogP contribution in [0, 0.1) is 6.92 Å². The van der Waals surface area contributed by atoms with Crippen LogP contribution < -0.4 is 0 Å². The Morgan fingerprint density at radius 2 is 2.33 bits per heavy atom. The molecule has 0 aromatic carbocycles. The van der Waals surface area contributed by atoms with Crippen LogP contribution in [0.2, 0.25) is 0 Å². The average molecular weight is 163 g/mol. The molecule has 0 saturated carbocycles. The Balaban J connectivity index is 2.84. The summed E-state index contributed by atoms with van der Waals surface area (Å²) in [6.45, 7) is 3.94. The Kier molecular flexibility index (Phi) is 3.00. The molecular formula is C10H13NO. The van der Waals surface area contributed by atoms with E-state index in [0.29, 0.717) is 0 Å². The van der Waals surface area contributed by atoms with Gasteiger partial charge in [-0.2, -0.15) is 0 Å². The van der Waals surface area contributed by atoms with E-state index >= 15 is 0 Å². The molecule has 1 N–H and O–H groups in total. The molecule has 0 aliphatic rings. The number of hydrogen-bond donors (Lipinski definition) is 1. The van der Waals surface area contributed by atoms with Gasteiger partial charge in [0.1, 0.15) is 0 Å². The maximum Gasteiger partial charge on any atom is 0.0642 e. The first-order chi connectivity index (χ1) is 5.72. The van der Waals surface area contributed by atoms with Crippen molar-refractivity contribution in [3.8, 4) is 0 Å². The third-order valence-corrected chi connectivity index (χ3v) is 1.60. The first-order valence-electron chi connectivity index (χ1n) is 3.93. The molecule has 1 heterocycles. The lowest BCUT2D eigenvalue weighted by molar-refractivity contribution is 0.332. The third kappa shape index (κ3) is 2.47. The molecule has 2 heteroatoms. The minimum absolute atomic E-state index is 0.105. The number of nitrogens with zero attached hydrogens (tertiary/aromatic N) is 1. The third-order valence-electron chi connectivity index (χ3n) is 1.60. The van der Waals surface area contributed by atoms with Crippen LogP contribution in [0.15, 0.2) is 23.9 Å². The van der Waals surface area contributed by atoms with Gasteiger partial charge in [-0.1, -0.05) is 12.1 Å². The van der Waals surface area contributed by atoms with Crippen LogP contribution in [0.4, 0.5) is 0 Å². The summed E-state index contributed by atoms with van der Waals surface area (Å²) in [6, 6.07) is 3.94. The minimum atomic E-state index is 0.105. The predicted octanol–water partition coefficient (Wildman–Crippen LogP) is 1.79. The monoisotopic (exact) mass is 163 g/mol. The van der Waals surface area contributed by atoms with Gasteiger partial charge in [0.15, 0.2) is 0 Å². The van der Waals surface area contributed by atoms with Crippen molar-refractivity contribution in [2.75, 3.05) is 6.61 Å². The van der Waals surface area contributed by atoms with E-state index in [2.05, 4.69) is 4.98 Å². The Hall–Kier alpha value is -1.15. The number of aryl methyl sites for hydroxylation is 1. The Morgan fingerprint density at radius 1 is 1.58 bits per heavy atom. The van der Waals surface area contributed by atoms with Crippen LogP contribution in [-0.4, -0.2) is 16.7 Å². The zero-order valence-corrected chi connectivity index (χ0v) is 7.41. The zero-order valence-electron chi connectivity index (χ0n) is 7.41. The van der Waals surface area contributed by atoms with E-state index in [1.807, 2.05) is 32.1 Å². The number of pyridine rings is 1. The standard InChI is InChI=1S/C10H13NO/c1-8(7-12)5-10-4-3-9(2)11-6-10/h3-6,12H,7H2,1-2H3/b8-5-. The second kappa shape index (κ2) is 4.02. The highest BCUT2D eigenvalue weighted by atomic mass is 16.3. The Labute approximate surface area is 72.6 Å². The fourth-order valence-electron chi connectivity index (χ4n) is 0.895. The van der Waals surface area contributed by atoms with Crippen molar-refractivity contribution < 1.29 is 5.11 Å². The molecule has 12 heavy (non-hydrogen) atoms. The van der Waals surface area contributed by atoms with Crippen molar-refractivity contribution in [2.45, 2.75) is 13.8 Å². The van der Waals surface area contributed by atoms with Gasteiger partial charge in [0.2, 0.25) is 0 Å². The smallest absolute Gasteiger partial charge is 0.0642 e. The highest BCUT2D eigenvalue weighted by Gasteiger charge is 1.89. The van der Waals surface area contributed by atoms with Gasteiger partial charge < -0.3 is 5.11 Å². The molecule has 0 spiro atoms. The van der Waals surface area contributed by atoms with Gasteiger partial charge in [0.25, 0.3) is 0 Å². The first-order valence-corrected chi connectivity index (χ1v) is 3.93. The summed E-state index contributed by atoms with van der Waals surface area (Å²) in [5.74, 6) is 0. The van der Waals surface area contributed by atoms with Crippen molar-refractivity contribution in [2.24, 2.45) is 0 Å². The van der Waals surface area contributed by atoms with Gasteiger partial charge in [0.05, 0.1) is 6.61 Å². The summed E-state index contributed by atoms with van der Waals surface area (Å²) in [5.41, 5.74) is 2.99. The van der Waals surface area contributed by atoms with E-state index in [9.17, 15) is 0 Å². The fraction of sp³-hybridized carbons (Fsp3) is 0.300. The van der Waals surface area contributed by atoms with Crippen molar-refractivity contribution in [1.29, 1.82) is 0 Å². The highest BCUT2D eigenvalue weighted by molar-refractivity contribution is 5.51. The van der Waals surface area contributed by atoms with Crippen molar-refractivity contribution in [1.82, 2.24) is 4.98 Å². The van der Waals surface area contributed by atoms with Crippen LogP contribution in [0.25, 0.3) is 6.08 Å². The summed E-state index contributed by atoms with van der Waals surface area (Å²) in [4.78, 5) is 4.14. The molecule has 1 aromatic heterocycles. The van der Waals surface area contributed by atoms with E-state index in [1.54, 1.807) is 6.20 Å². The number of aliphatic hydroxyl groups excluding tert-OH is 1. The van der Waals surface area contributed by atoms with E-state index < -0.39 is 0 Å². The normalized spacial score (nSPS) is 11.8. The summed E-state index contributed by atoms with van der Waals surface area (Å²) in [5, 5.41) is 8.76. The molecule has 0 aliphatic carbocycles. The van der Waals surface area contributed by atoms with Crippen molar-refractivity contribution >= 4 is 6.08 Å². The topological polar surface area (TPSA) is 33.1 Å². The molecule has 2 nitrogen and oxygen atoms in total. The van der Waals surface area contributed by atoms with E-state index in [4.69, 9.17) is 5.11 Å². The van der Waals surface area contributed by atoms with Crippen molar-refractivity contribution in [3.05, 3.63) is 35.2 Å². The Bertz CT molecular complexity index is 274. The van der Waals surface area contributed by atoms with Crippen LogP contribution >= 0.6 is 0 Å². The van der Waals surface area contributed by atoms with Crippen molar-refractivity contribution in [3.63, 3.8) is 0 Å². The SMILES string of the molecule is C/C(=C/c1ccc(C)nc1)CO. The summed E-state index contributed by atoms with van der Waals surface area (Å²) in [6.07, 6.45) is 3.72. The van der Waals surface area contributed by atoms with E-state index in [-0.39, 0.29) is 6.61 Å². The molecule has 0 fully saturated rings. The number of hydrogen-bond acceptors (Lipinski definition) is 2. The van der Waals surface area contributed by atoms with Crippen LogP contribution in [-0.2, 0) is 0 Å². The zero-order chi connectivity index (χ0) is 8.97. The second-order valence-electron chi connectivity index (χ2n) is 2.88. The number of rotatable bonds is 2. The summed E-state index contributed by atoms with van der Waals surface area (Å²) >= 11 is 0.